The van der Waals surface area contributed by atoms with Gasteiger partial charge in [0.05, 0.1) is 24.1 Å². The molecule has 0 spiro atoms. The molecule has 0 saturated heterocycles. The Morgan fingerprint density at radius 3 is 2.81 bits per heavy atom. The van der Waals surface area contributed by atoms with Gasteiger partial charge in [0.2, 0.25) is 0 Å². The zero-order chi connectivity index (χ0) is 21.4. The van der Waals surface area contributed by atoms with Gasteiger partial charge in [-0.3, -0.25) is 14.8 Å². The molecular weight excluding hydrogens is 420 g/mol. The number of fused-ring (bicyclic) bond motifs is 2. The average molecular weight is 444 g/mol. The van der Waals surface area contributed by atoms with E-state index in [0.717, 1.165) is 79.8 Å². The lowest BCUT2D eigenvalue weighted by atomic mass is 9.96. The third-order valence-corrected chi connectivity index (χ3v) is 6.79. The summed E-state index contributed by atoms with van der Waals surface area (Å²) in [5, 5.41) is 3.59. The molecule has 31 heavy (non-hydrogen) atoms. The van der Waals surface area contributed by atoms with Crippen molar-refractivity contribution in [1.82, 2.24) is 14.9 Å². The Kier molecular flexibility index (Phi) is 5.43. The molecular formula is C22H23F2N5OS. The minimum absolute atomic E-state index is 0. The summed E-state index contributed by atoms with van der Waals surface area (Å²) < 4.78 is 27.8. The molecule has 5 rings (SSSR count). The molecule has 9 heteroatoms. The molecule has 6 nitrogen and oxygen atoms in total. The number of rotatable bonds is 2. The van der Waals surface area contributed by atoms with E-state index in [-0.39, 0.29) is 7.24 Å². The lowest BCUT2D eigenvalue weighted by molar-refractivity contribution is 0.101. The van der Waals surface area contributed by atoms with Gasteiger partial charge in [-0.05, 0) is 43.4 Å². The van der Waals surface area contributed by atoms with Gasteiger partial charge in [-0.25, -0.2) is 13.8 Å². The van der Waals surface area contributed by atoms with Gasteiger partial charge in [-0.1, -0.05) is 23.4 Å². The highest BCUT2D eigenvalue weighted by Crippen LogP contribution is 2.35. The second-order valence-electron chi connectivity index (χ2n) is 7.72. The summed E-state index contributed by atoms with van der Waals surface area (Å²) in [5.41, 5.74) is 3.65. The van der Waals surface area contributed by atoms with Crippen LogP contribution in [-0.4, -0.2) is 51.3 Å². The Bertz CT molecular complexity index is 1100. The maximum Gasteiger partial charge on any atom is 0.262 e. The first kappa shape index (κ1) is 20.1. The summed E-state index contributed by atoms with van der Waals surface area (Å²) in [6.45, 7) is 2.59. The molecule has 0 radical (unpaired) electrons. The summed E-state index contributed by atoms with van der Waals surface area (Å²) >= 11 is 1.79. The van der Waals surface area contributed by atoms with E-state index in [4.69, 9.17) is 0 Å². The Morgan fingerprint density at radius 1 is 1.19 bits per heavy atom. The summed E-state index contributed by atoms with van der Waals surface area (Å²) in [7, 11) is 0. The van der Waals surface area contributed by atoms with Crippen LogP contribution in [0, 0.1) is 11.6 Å². The lowest BCUT2D eigenvalue weighted by Crippen LogP contribution is -2.34. The van der Waals surface area contributed by atoms with Crippen LogP contribution in [0.4, 0.5) is 14.6 Å². The number of anilines is 1. The molecule has 0 atom stereocenters. The van der Waals surface area contributed by atoms with Gasteiger partial charge in [0.25, 0.3) is 5.91 Å². The van der Waals surface area contributed by atoms with Crippen LogP contribution in [0.1, 0.15) is 42.4 Å². The Labute approximate surface area is 184 Å². The number of aliphatic imine (C=N–C) groups is 1. The van der Waals surface area contributed by atoms with Gasteiger partial charge in [0, 0.05) is 20.3 Å². The molecule has 0 fully saturated rings. The van der Waals surface area contributed by atoms with Crippen molar-refractivity contribution in [3.63, 3.8) is 0 Å². The van der Waals surface area contributed by atoms with E-state index in [1.54, 1.807) is 11.8 Å². The van der Waals surface area contributed by atoms with E-state index in [2.05, 4.69) is 25.2 Å². The first-order valence-electron chi connectivity index (χ1n) is 10.3. The molecule has 0 saturated carbocycles. The molecule has 3 heterocycles. The van der Waals surface area contributed by atoms with Crippen molar-refractivity contribution < 1.29 is 15.0 Å². The number of thioether (sulfide) groups is 1. The number of aryl methyl sites for hydroxylation is 1. The van der Waals surface area contributed by atoms with Crippen LogP contribution < -0.4 is 5.32 Å². The van der Waals surface area contributed by atoms with Crippen molar-refractivity contribution >= 4 is 34.2 Å². The van der Waals surface area contributed by atoms with Gasteiger partial charge in [-0.2, -0.15) is 0 Å². The van der Waals surface area contributed by atoms with Crippen LogP contribution in [0.15, 0.2) is 35.0 Å². The quantitative estimate of drug-likeness (QED) is 0.755. The van der Waals surface area contributed by atoms with Crippen molar-refractivity contribution in [1.29, 1.82) is 0 Å². The molecule has 1 aromatic carbocycles. The predicted molar refractivity (Wildman–Crippen MR) is 119 cm³/mol. The first-order chi connectivity index (χ1) is 15.1. The SMILES string of the molecule is O=C(Nc1cnc2c(n1)CCCC1=C2CN(C2=NCCS2)CC1)c1c(F)cccc1F.[HH]. The smallest absolute Gasteiger partial charge is 0.262 e. The Hall–Kier alpha value is -2.81. The fourth-order valence-electron chi connectivity index (χ4n) is 4.28. The zero-order valence-electron chi connectivity index (χ0n) is 16.8. The number of nitrogens with one attached hydrogen (secondary N) is 1. The molecule has 162 valence electrons. The number of benzene rings is 1. The Balaban J connectivity index is 0.00000245. The van der Waals surface area contributed by atoms with Crippen LogP contribution in [-0.2, 0) is 6.42 Å². The van der Waals surface area contributed by atoms with Crippen molar-refractivity contribution in [3.8, 4) is 0 Å². The van der Waals surface area contributed by atoms with Crippen LogP contribution in [0.2, 0.25) is 0 Å². The number of amides is 1. The molecule has 1 N–H and O–H groups in total. The van der Waals surface area contributed by atoms with Gasteiger partial charge < -0.3 is 10.2 Å². The summed E-state index contributed by atoms with van der Waals surface area (Å²) in [6, 6.07) is 3.32. The first-order valence-corrected chi connectivity index (χ1v) is 11.3. The summed E-state index contributed by atoms with van der Waals surface area (Å²) in [6.07, 6.45) is 5.15. The maximum absolute atomic E-state index is 13.9. The number of nitrogens with zero attached hydrogens (tertiary/aromatic N) is 4. The Morgan fingerprint density at radius 2 is 2.03 bits per heavy atom. The van der Waals surface area contributed by atoms with Crippen molar-refractivity contribution in [2.24, 2.45) is 4.99 Å². The standard InChI is InChI=1S/C22H21F2N5OS.H2/c23-15-4-2-5-16(24)19(15)21(30)28-18-11-26-20-14-12-29(22-25-8-10-31-22)9-7-13(14)3-1-6-17(20)27-18;/h2,4-5,11H,1,3,6-10,12H2,(H,27,28,30);1H. The van der Waals surface area contributed by atoms with Gasteiger partial charge in [-0.15, -0.1) is 0 Å². The number of aromatic nitrogens is 2. The van der Waals surface area contributed by atoms with Crippen LogP contribution in [0.3, 0.4) is 0 Å². The monoisotopic (exact) mass is 443 g/mol. The van der Waals surface area contributed by atoms with Crippen LogP contribution >= 0.6 is 11.8 Å². The van der Waals surface area contributed by atoms with Crippen molar-refractivity contribution in [3.05, 3.63) is 58.6 Å². The minimum atomic E-state index is -0.912. The third kappa shape index (κ3) is 3.94. The van der Waals surface area contributed by atoms with Crippen molar-refractivity contribution in [2.75, 3.05) is 30.7 Å². The van der Waals surface area contributed by atoms with E-state index in [1.165, 1.54) is 23.4 Å². The van der Waals surface area contributed by atoms with E-state index in [0.29, 0.717) is 0 Å². The van der Waals surface area contributed by atoms with Gasteiger partial charge >= 0.3 is 0 Å². The van der Waals surface area contributed by atoms with E-state index < -0.39 is 23.1 Å². The molecule has 0 unspecified atom stereocenters. The van der Waals surface area contributed by atoms with Gasteiger partial charge in [0.1, 0.15) is 17.2 Å². The highest BCUT2D eigenvalue weighted by atomic mass is 32.2. The number of amidine groups is 1. The molecule has 2 aromatic rings. The number of carbonyl (C=O) groups is 1. The van der Waals surface area contributed by atoms with E-state index >= 15 is 0 Å². The van der Waals surface area contributed by atoms with Crippen LogP contribution in [0.25, 0.3) is 5.57 Å². The highest BCUT2D eigenvalue weighted by molar-refractivity contribution is 8.14. The van der Waals surface area contributed by atoms with Crippen molar-refractivity contribution in [2.45, 2.75) is 25.7 Å². The topological polar surface area (TPSA) is 70.5 Å². The van der Waals surface area contributed by atoms with E-state index in [1.807, 2.05) is 0 Å². The lowest BCUT2D eigenvalue weighted by Gasteiger charge is -2.31. The molecule has 1 aliphatic carbocycles. The number of hydrogen-bond acceptors (Lipinski definition) is 6. The third-order valence-electron chi connectivity index (χ3n) is 5.75. The average Bonchev–Trinajstić information content (AvgIpc) is 3.23. The maximum atomic E-state index is 13.9. The molecule has 3 aliphatic rings. The summed E-state index contributed by atoms with van der Waals surface area (Å²) in [4.78, 5) is 28.5. The second-order valence-corrected chi connectivity index (χ2v) is 8.78. The minimum Gasteiger partial charge on any atom is -0.347 e. The molecule has 2 aliphatic heterocycles. The number of halogens is 2. The molecule has 0 bridgehead atoms. The van der Waals surface area contributed by atoms with Crippen LogP contribution in [0.5, 0.6) is 0 Å². The summed E-state index contributed by atoms with van der Waals surface area (Å²) in [5.74, 6) is -1.48. The molecule has 1 aromatic heterocycles. The second kappa shape index (κ2) is 8.37. The van der Waals surface area contributed by atoms with E-state index in [9.17, 15) is 13.6 Å². The van der Waals surface area contributed by atoms with Gasteiger partial charge in [0.15, 0.2) is 11.0 Å². The largest absolute Gasteiger partial charge is 0.347 e. The zero-order valence-corrected chi connectivity index (χ0v) is 17.6. The number of carbonyl (C=O) groups excluding carboxylic acids is 1. The fraction of sp³-hybridized carbons (Fsp3) is 0.364. The number of hydrogen-bond donors (Lipinski definition) is 1. The molecule has 1 amide bonds. The fourth-order valence-corrected chi connectivity index (χ4v) is 5.16. The predicted octanol–water partition coefficient (Wildman–Crippen LogP) is 4.15. The normalized spacial score (nSPS) is 18.3. The highest BCUT2D eigenvalue weighted by Gasteiger charge is 2.28.